The summed E-state index contributed by atoms with van der Waals surface area (Å²) >= 11 is 0. The van der Waals surface area contributed by atoms with E-state index in [1.807, 2.05) is 12.1 Å². The molecule has 0 heterocycles. The molecular weight excluding hydrogens is 210 g/mol. The van der Waals surface area contributed by atoms with Gasteiger partial charge in [0.25, 0.3) is 0 Å². The Labute approximate surface area is 104 Å². The maximum absolute atomic E-state index is 8.40. The lowest BCUT2D eigenvalue weighted by Gasteiger charge is -2.02. The number of rotatable bonds is 8. The largest absolute Gasteiger partial charge is 0.411 e. The van der Waals surface area contributed by atoms with E-state index in [1.165, 1.54) is 50.3 Å². The Hall–Kier alpha value is -1.31. The van der Waals surface area contributed by atoms with E-state index in [0.29, 0.717) is 0 Å². The monoisotopic (exact) mass is 233 g/mol. The molecule has 0 fully saturated rings. The average Bonchev–Trinajstić information content (AvgIpc) is 2.36. The molecule has 0 radical (unpaired) electrons. The zero-order valence-corrected chi connectivity index (χ0v) is 10.7. The van der Waals surface area contributed by atoms with Gasteiger partial charge in [0.05, 0.1) is 6.21 Å². The summed E-state index contributed by atoms with van der Waals surface area (Å²) in [5, 5.41) is 11.4. The van der Waals surface area contributed by atoms with Gasteiger partial charge in [-0.15, -0.1) is 0 Å². The molecule has 0 aliphatic heterocycles. The highest BCUT2D eigenvalue weighted by Crippen LogP contribution is 2.10. The second kappa shape index (κ2) is 8.80. The molecule has 2 nitrogen and oxygen atoms in total. The Bertz CT molecular complexity index is 316. The van der Waals surface area contributed by atoms with Crippen LogP contribution in [0.1, 0.15) is 56.6 Å². The summed E-state index contributed by atoms with van der Waals surface area (Å²) in [6.07, 6.45) is 10.6. The number of aryl methyl sites for hydroxylation is 1. The zero-order chi connectivity index (χ0) is 12.3. The van der Waals surface area contributed by atoms with Gasteiger partial charge in [-0.3, -0.25) is 0 Å². The van der Waals surface area contributed by atoms with E-state index in [0.717, 1.165) is 12.0 Å². The molecule has 1 N–H and O–H groups in total. The molecular formula is C15H23NO. The van der Waals surface area contributed by atoms with Crippen LogP contribution in [-0.4, -0.2) is 11.4 Å². The predicted molar refractivity (Wildman–Crippen MR) is 72.9 cm³/mol. The van der Waals surface area contributed by atoms with Crippen molar-refractivity contribution in [1.82, 2.24) is 0 Å². The van der Waals surface area contributed by atoms with Crippen molar-refractivity contribution in [3.63, 3.8) is 0 Å². The minimum absolute atomic E-state index is 0.944. The van der Waals surface area contributed by atoms with Crippen molar-refractivity contribution < 1.29 is 5.21 Å². The molecule has 0 saturated heterocycles. The van der Waals surface area contributed by atoms with Crippen LogP contribution in [0.25, 0.3) is 0 Å². The molecule has 1 aromatic rings. The molecule has 0 amide bonds. The highest BCUT2D eigenvalue weighted by molar-refractivity contribution is 5.78. The van der Waals surface area contributed by atoms with E-state index >= 15 is 0 Å². The van der Waals surface area contributed by atoms with E-state index in [1.54, 1.807) is 0 Å². The topological polar surface area (TPSA) is 32.6 Å². The molecule has 1 aromatic carbocycles. The third kappa shape index (κ3) is 6.10. The molecule has 0 spiro atoms. The number of hydrogen-bond donors (Lipinski definition) is 1. The van der Waals surface area contributed by atoms with Crippen molar-refractivity contribution >= 4 is 6.21 Å². The third-order valence-electron chi connectivity index (χ3n) is 3.01. The molecule has 0 aliphatic carbocycles. The van der Waals surface area contributed by atoms with Crippen LogP contribution in [-0.2, 0) is 6.42 Å². The second-order valence-corrected chi connectivity index (χ2v) is 4.50. The number of benzene rings is 1. The normalized spacial score (nSPS) is 11.1. The first-order valence-electron chi connectivity index (χ1n) is 6.63. The van der Waals surface area contributed by atoms with Crippen LogP contribution in [0.2, 0.25) is 0 Å². The van der Waals surface area contributed by atoms with Crippen LogP contribution in [0.3, 0.4) is 0 Å². The zero-order valence-electron chi connectivity index (χ0n) is 10.7. The molecule has 0 unspecified atom stereocenters. The lowest BCUT2D eigenvalue weighted by atomic mass is 10.0. The van der Waals surface area contributed by atoms with Crippen molar-refractivity contribution in [3.8, 4) is 0 Å². The Morgan fingerprint density at radius 2 is 1.65 bits per heavy atom. The SMILES string of the molecule is CCCCCCCCc1ccc(C=NO)cc1. The van der Waals surface area contributed by atoms with Crippen molar-refractivity contribution in [2.45, 2.75) is 51.9 Å². The summed E-state index contributed by atoms with van der Waals surface area (Å²) in [4.78, 5) is 0. The van der Waals surface area contributed by atoms with Gasteiger partial charge >= 0.3 is 0 Å². The van der Waals surface area contributed by atoms with Crippen LogP contribution in [0.15, 0.2) is 29.4 Å². The van der Waals surface area contributed by atoms with Crippen LogP contribution in [0.4, 0.5) is 0 Å². The van der Waals surface area contributed by atoms with Gasteiger partial charge in [0.2, 0.25) is 0 Å². The number of nitrogens with zero attached hydrogens (tertiary/aromatic N) is 1. The maximum atomic E-state index is 8.40. The van der Waals surface area contributed by atoms with Gasteiger partial charge in [-0.2, -0.15) is 0 Å². The van der Waals surface area contributed by atoms with Crippen LogP contribution >= 0.6 is 0 Å². The smallest absolute Gasteiger partial charge is 0.0733 e. The quantitative estimate of drug-likeness (QED) is 0.307. The van der Waals surface area contributed by atoms with Crippen molar-refractivity contribution in [2.75, 3.05) is 0 Å². The van der Waals surface area contributed by atoms with Crippen molar-refractivity contribution in [2.24, 2.45) is 5.16 Å². The standard InChI is InChI=1S/C15H23NO/c1-2-3-4-5-6-7-8-14-9-11-15(12-10-14)13-16-17/h9-13,17H,2-8H2,1H3. The Morgan fingerprint density at radius 1 is 1.00 bits per heavy atom. The molecule has 0 saturated carbocycles. The molecule has 94 valence electrons. The first-order chi connectivity index (χ1) is 8.36. The fourth-order valence-corrected chi connectivity index (χ4v) is 1.95. The fourth-order valence-electron chi connectivity index (χ4n) is 1.95. The molecule has 1 rings (SSSR count). The molecule has 0 bridgehead atoms. The highest BCUT2D eigenvalue weighted by Gasteiger charge is 1.94. The molecule has 17 heavy (non-hydrogen) atoms. The van der Waals surface area contributed by atoms with Crippen molar-refractivity contribution in [1.29, 1.82) is 0 Å². The predicted octanol–water partition coefficient (Wildman–Crippen LogP) is 4.40. The Balaban J connectivity index is 2.18. The first kappa shape index (κ1) is 13.8. The van der Waals surface area contributed by atoms with Gasteiger partial charge in [0.15, 0.2) is 0 Å². The summed E-state index contributed by atoms with van der Waals surface area (Å²) in [6, 6.07) is 8.21. The molecule has 0 atom stereocenters. The minimum atomic E-state index is 0.944. The lowest BCUT2D eigenvalue weighted by Crippen LogP contribution is -1.88. The second-order valence-electron chi connectivity index (χ2n) is 4.50. The molecule has 0 aliphatic rings. The first-order valence-corrected chi connectivity index (χ1v) is 6.63. The maximum Gasteiger partial charge on any atom is 0.0733 e. The average molecular weight is 233 g/mol. The van der Waals surface area contributed by atoms with Crippen molar-refractivity contribution in [3.05, 3.63) is 35.4 Å². The Kier molecular flexibility index (Phi) is 7.12. The minimum Gasteiger partial charge on any atom is -0.411 e. The van der Waals surface area contributed by atoms with Gasteiger partial charge in [-0.25, -0.2) is 0 Å². The van der Waals surface area contributed by atoms with E-state index in [9.17, 15) is 0 Å². The van der Waals surface area contributed by atoms with Gasteiger partial charge in [-0.1, -0.05) is 68.4 Å². The highest BCUT2D eigenvalue weighted by atomic mass is 16.4. The lowest BCUT2D eigenvalue weighted by molar-refractivity contribution is 0.322. The third-order valence-corrected chi connectivity index (χ3v) is 3.01. The summed E-state index contributed by atoms with van der Waals surface area (Å²) in [5.74, 6) is 0. The van der Waals surface area contributed by atoms with Gasteiger partial charge < -0.3 is 5.21 Å². The van der Waals surface area contributed by atoms with Crippen LogP contribution < -0.4 is 0 Å². The van der Waals surface area contributed by atoms with Gasteiger partial charge in [-0.05, 0) is 24.0 Å². The summed E-state index contributed by atoms with van der Waals surface area (Å²) in [6.45, 7) is 2.25. The van der Waals surface area contributed by atoms with Gasteiger partial charge in [0, 0.05) is 0 Å². The summed E-state index contributed by atoms with van der Waals surface area (Å²) in [5.41, 5.74) is 2.31. The van der Waals surface area contributed by atoms with E-state index in [4.69, 9.17) is 5.21 Å². The molecule has 0 aromatic heterocycles. The van der Waals surface area contributed by atoms with E-state index in [2.05, 4.69) is 24.2 Å². The van der Waals surface area contributed by atoms with Crippen LogP contribution in [0.5, 0.6) is 0 Å². The number of oxime groups is 1. The Morgan fingerprint density at radius 3 is 2.29 bits per heavy atom. The van der Waals surface area contributed by atoms with Gasteiger partial charge in [0.1, 0.15) is 0 Å². The fraction of sp³-hybridized carbons (Fsp3) is 0.533. The van der Waals surface area contributed by atoms with Crippen LogP contribution in [0, 0.1) is 0 Å². The van der Waals surface area contributed by atoms with E-state index in [-0.39, 0.29) is 0 Å². The van der Waals surface area contributed by atoms with E-state index < -0.39 is 0 Å². The number of unbranched alkanes of at least 4 members (excludes halogenated alkanes) is 5. The number of hydrogen-bond acceptors (Lipinski definition) is 2. The summed E-state index contributed by atoms with van der Waals surface area (Å²) < 4.78 is 0. The molecule has 2 heteroatoms. The summed E-state index contributed by atoms with van der Waals surface area (Å²) in [7, 11) is 0.